The zero-order valence-electron chi connectivity index (χ0n) is 38.7. The Labute approximate surface area is 389 Å². The van der Waals surface area contributed by atoms with Gasteiger partial charge in [0.05, 0.1) is 69.9 Å². The number of allylic oxidation sites excluding steroid dienone is 4. The molecule has 65 heavy (non-hydrogen) atoms. The van der Waals surface area contributed by atoms with Crippen LogP contribution in [0.1, 0.15) is 112 Å². The monoisotopic (exact) mass is 925 g/mol. The van der Waals surface area contributed by atoms with Gasteiger partial charge in [0.1, 0.15) is 35.2 Å². The van der Waals surface area contributed by atoms with Gasteiger partial charge in [0, 0.05) is 24.5 Å². The van der Waals surface area contributed by atoms with E-state index in [1.165, 1.54) is 0 Å². The molecule has 1 aromatic heterocycles. The van der Waals surface area contributed by atoms with E-state index in [2.05, 4.69) is 18.7 Å². The Hall–Kier alpha value is -5.46. The molecule has 2 aromatic rings. The highest BCUT2D eigenvalue weighted by Crippen LogP contribution is 2.28. The number of carbonyl (C=O) groups excluding carboxylic acids is 2. The number of carbonyl (C=O) groups is 4. The first-order valence-corrected chi connectivity index (χ1v) is 23.2. The summed E-state index contributed by atoms with van der Waals surface area (Å²) in [4.78, 5) is 50.1. The topological polar surface area (TPSA) is 258 Å². The number of carboxylic acids is 2. The summed E-state index contributed by atoms with van der Waals surface area (Å²) < 4.78 is 27.4. The maximum Gasteiger partial charge on any atom is 0.307 e. The van der Waals surface area contributed by atoms with Gasteiger partial charge >= 0.3 is 23.9 Å². The lowest BCUT2D eigenvalue weighted by molar-refractivity contribution is -0.152. The molecule has 1 aromatic carbocycles. The Balaban J connectivity index is 0.00000166. The van der Waals surface area contributed by atoms with Crippen LogP contribution in [-0.4, -0.2) is 100 Å². The Morgan fingerprint density at radius 1 is 0.708 bits per heavy atom. The molecule has 0 saturated heterocycles. The van der Waals surface area contributed by atoms with Crippen molar-refractivity contribution in [2.75, 3.05) is 82.3 Å². The smallest absolute Gasteiger partial charge is 0.307 e. The summed E-state index contributed by atoms with van der Waals surface area (Å²) in [6, 6.07) is 9.70. The lowest BCUT2D eigenvalue weighted by Crippen LogP contribution is -2.31. The van der Waals surface area contributed by atoms with Crippen LogP contribution < -0.4 is 16.4 Å². The standard InChI is InChI=1S/C41H66N2O11.C7H5N3S/c1-4-6-8-10-12-14-16-34(40(46)47)31-38(44)53-28-26-51-23-21-43(36-18-19-37(42)33(3)30-36)20-22-50-24-25-52-27-29-54-39(45)32-35(41(48)49)17-15-13-11-9-7-5-2;1-4-5(2-8)7(10)11-6(4)3-9/h12-15,18-19,30,34-35H,4-11,16-17,20-29,31-32,42H2,1-3H3,(H,46,47)(H,48,49);10H2,1H3/b14-12+,15-13+;. The third-order valence-electron chi connectivity index (χ3n) is 10.0. The van der Waals surface area contributed by atoms with E-state index in [1.54, 1.807) is 6.92 Å². The predicted octanol–water partition coefficient (Wildman–Crippen LogP) is 8.14. The summed E-state index contributed by atoms with van der Waals surface area (Å²) in [7, 11) is 0. The second-order valence-electron chi connectivity index (χ2n) is 15.2. The lowest BCUT2D eigenvalue weighted by Gasteiger charge is -2.25. The Kier molecular flexibility index (Phi) is 31.7. The molecule has 0 amide bonds. The second-order valence-corrected chi connectivity index (χ2v) is 16.3. The average Bonchev–Trinajstić information content (AvgIpc) is 3.56. The van der Waals surface area contributed by atoms with Gasteiger partial charge in [-0.2, -0.15) is 10.5 Å². The number of esters is 2. The lowest BCUT2D eigenvalue weighted by atomic mass is 10.0. The molecule has 0 radical (unpaired) electrons. The summed E-state index contributed by atoms with van der Waals surface area (Å²) in [5.41, 5.74) is 15.2. The SMILES string of the molecule is CCCCC/C=C/CC(CC(=O)OCCOCCOCCN(CCOCCOC(=O)CC(C/C=C/CCCCC)C(=O)O)c1ccc(N)c(C)c1)C(=O)O.Cc1c(C#N)sc(N)c1C#N. The van der Waals surface area contributed by atoms with Gasteiger partial charge in [0.15, 0.2) is 0 Å². The minimum atomic E-state index is -1.02. The third-order valence-corrected chi connectivity index (χ3v) is 11.0. The molecule has 0 aliphatic heterocycles. The molecule has 2 unspecified atom stereocenters. The minimum absolute atomic E-state index is 0.0288. The number of nitrogens with two attached hydrogens (primary N) is 2. The van der Waals surface area contributed by atoms with Crippen molar-refractivity contribution in [2.45, 2.75) is 105 Å². The van der Waals surface area contributed by atoms with Gasteiger partial charge in [0.25, 0.3) is 0 Å². The largest absolute Gasteiger partial charge is 0.481 e. The van der Waals surface area contributed by atoms with Crippen LogP contribution in [0.4, 0.5) is 16.4 Å². The van der Waals surface area contributed by atoms with Gasteiger partial charge in [-0.3, -0.25) is 19.2 Å². The Morgan fingerprint density at radius 2 is 1.18 bits per heavy atom. The van der Waals surface area contributed by atoms with Crippen molar-refractivity contribution >= 4 is 51.6 Å². The molecule has 360 valence electrons. The summed E-state index contributed by atoms with van der Waals surface area (Å²) in [6.45, 7) is 10.8. The molecule has 17 heteroatoms. The Bertz CT molecular complexity index is 1850. The molecule has 0 aliphatic carbocycles. The molecule has 0 aliphatic rings. The van der Waals surface area contributed by atoms with E-state index in [1.807, 2.05) is 61.6 Å². The van der Waals surface area contributed by atoms with Crippen LogP contribution in [0.5, 0.6) is 0 Å². The number of benzene rings is 1. The summed E-state index contributed by atoms with van der Waals surface area (Å²) in [5, 5.41) is 36.5. The second kappa shape index (κ2) is 35.8. The number of thiophene rings is 1. The van der Waals surface area contributed by atoms with Crippen molar-refractivity contribution in [3.8, 4) is 12.1 Å². The van der Waals surface area contributed by atoms with E-state index in [9.17, 15) is 29.4 Å². The molecule has 0 spiro atoms. The van der Waals surface area contributed by atoms with Crippen LogP contribution >= 0.6 is 11.3 Å². The zero-order valence-corrected chi connectivity index (χ0v) is 39.5. The number of aryl methyl sites for hydroxylation is 1. The maximum atomic E-state index is 12.3. The summed E-state index contributed by atoms with van der Waals surface area (Å²) in [5.74, 6) is -4.80. The highest BCUT2D eigenvalue weighted by Gasteiger charge is 2.22. The van der Waals surface area contributed by atoms with Gasteiger partial charge < -0.3 is 50.3 Å². The number of anilines is 3. The number of hydrogen-bond acceptors (Lipinski definition) is 15. The highest BCUT2D eigenvalue weighted by molar-refractivity contribution is 7.16. The molecule has 0 bridgehead atoms. The molecule has 0 fully saturated rings. The molecule has 0 saturated carbocycles. The number of nitriles is 2. The van der Waals surface area contributed by atoms with Crippen molar-refractivity contribution in [3.63, 3.8) is 0 Å². The predicted molar refractivity (Wildman–Crippen MR) is 252 cm³/mol. The van der Waals surface area contributed by atoms with E-state index < -0.39 is 35.7 Å². The molecule has 6 N–H and O–H groups in total. The van der Waals surface area contributed by atoms with Crippen molar-refractivity contribution in [3.05, 3.63) is 64.1 Å². The molecule has 2 atom stereocenters. The van der Waals surface area contributed by atoms with Crippen LogP contribution in [0.25, 0.3) is 0 Å². The zero-order chi connectivity index (χ0) is 48.2. The summed E-state index contributed by atoms with van der Waals surface area (Å²) in [6.07, 6.45) is 16.3. The number of ether oxygens (including phenoxy) is 5. The van der Waals surface area contributed by atoms with Crippen LogP contribution in [0.2, 0.25) is 0 Å². The first-order valence-electron chi connectivity index (χ1n) is 22.4. The maximum absolute atomic E-state index is 12.3. The molecule has 1 heterocycles. The van der Waals surface area contributed by atoms with Crippen LogP contribution in [-0.2, 0) is 42.9 Å². The van der Waals surface area contributed by atoms with Gasteiger partial charge in [-0.1, -0.05) is 63.8 Å². The number of unbranched alkanes of at least 4 members (excludes halogenated alkanes) is 6. The quantitative estimate of drug-likeness (QED) is 0.0223. The Morgan fingerprint density at radius 3 is 1.58 bits per heavy atom. The first kappa shape index (κ1) is 57.6. The fraction of sp³-hybridized carbons (Fsp3) is 0.583. The van der Waals surface area contributed by atoms with E-state index in [0.717, 1.165) is 74.0 Å². The molecular formula is C48H71N5O11S. The number of nitrogen functional groups attached to an aromatic ring is 2. The average molecular weight is 926 g/mol. The van der Waals surface area contributed by atoms with Crippen LogP contribution in [0, 0.1) is 48.3 Å². The van der Waals surface area contributed by atoms with Gasteiger partial charge in [-0.15, -0.1) is 11.3 Å². The van der Waals surface area contributed by atoms with Crippen LogP contribution in [0.15, 0.2) is 42.5 Å². The fourth-order valence-corrected chi connectivity index (χ4v) is 6.88. The van der Waals surface area contributed by atoms with Crippen molar-refractivity contribution in [1.29, 1.82) is 10.5 Å². The fourth-order valence-electron chi connectivity index (χ4n) is 6.05. The normalized spacial score (nSPS) is 11.9. The number of hydrogen-bond donors (Lipinski definition) is 4. The van der Waals surface area contributed by atoms with Crippen LogP contribution in [0.3, 0.4) is 0 Å². The van der Waals surface area contributed by atoms with Crippen molar-refractivity contribution in [2.24, 2.45) is 11.8 Å². The number of aliphatic carboxylic acids is 2. The number of carboxylic acid groups (broad SMARTS) is 2. The molecular weight excluding hydrogens is 855 g/mol. The van der Waals surface area contributed by atoms with E-state index in [0.29, 0.717) is 72.6 Å². The van der Waals surface area contributed by atoms with E-state index in [4.69, 9.17) is 45.7 Å². The van der Waals surface area contributed by atoms with Gasteiger partial charge in [-0.05, 0) is 81.7 Å². The minimum Gasteiger partial charge on any atom is -0.481 e. The van der Waals surface area contributed by atoms with E-state index >= 15 is 0 Å². The molecule has 16 nitrogen and oxygen atoms in total. The van der Waals surface area contributed by atoms with Crippen molar-refractivity contribution < 1.29 is 53.1 Å². The third kappa shape index (κ3) is 26.2. The van der Waals surface area contributed by atoms with Gasteiger partial charge in [-0.25, -0.2) is 0 Å². The van der Waals surface area contributed by atoms with Crippen molar-refractivity contribution in [1.82, 2.24) is 0 Å². The number of rotatable bonds is 34. The molecule has 2 rings (SSSR count). The highest BCUT2D eigenvalue weighted by atomic mass is 32.1. The summed E-state index contributed by atoms with van der Waals surface area (Å²) >= 11 is 1.16. The number of nitrogens with zero attached hydrogens (tertiary/aromatic N) is 3. The van der Waals surface area contributed by atoms with E-state index in [-0.39, 0.29) is 45.7 Å². The van der Waals surface area contributed by atoms with Gasteiger partial charge in [0.2, 0.25) is 0 Å². The first-order chi connectivity index (χ1) is 31.3.